The summed E-state index contributed by atoms with van der Waals surface area (Å²) < 4.78 is 56.9. The molecule has 0 aliphatic carbocycles. The number of aromatic nitrogens is 3. The molecule has 8 nitrogen and oxygen atoms in total. The van der Waals surface area contributed by atoms with Crippen molar-refractivity contribution in [2.45, 2.75) is 32.1 Å². The van der Waals surface area contributed by atoms with Gasteiger partial charge in [0.2, 0.25) is 0 Å². The maximum atomic E-state index is 15.4. The molecule has 1 N–H and O–H groups in total. The number of rotatable bonds is 9. The number of hydrogen-bond donors (Lipinski definition) is 1. The van der Waals surface area contributed by atoms with Gasteiger partial charge in [0.1, 0.15) is 33.8 Å². The molecule has 12 heteroatoms. The normalized spacial score (nSPS) is 14.5. The third kappa shape index (κ3) is 5.44. The minimum atomic E-state index is -1.03. The highest BCUT2D eigenvalue weighted by molar-refractivity contribution is 7.20. The van der Waals surface area contributed by atoms with E-state index in [2.05, 4.69) is 14.8 Å². The fourth-order valence-electron chi connectivity index (χ4n) is 4.61. The average Bonchev–Trinajstić information content (AvgIpc) is 3.50. The van der Waals surface area contributed by atoms with Gasteiger partial charge in [-0.3, -0.25) is 0 Å². The summed E-state index contributed by atoms with van der Waals surface area (Å²) in [5.74, 6) is -2.75. The Kier molecular flexibility index (Phi) is 7.36. The van der Waals surface area contributed by atoms with E-state index in [0.29, 0.717) is 40.5 Å². The Hall–Kier alpha value is -4.73. The number of carbonyl (C=O) groups is 1. The second-order valence-electron chi connectivity index (χ2n) is 9.67. The van der Waals surface area contributed by atoms with Gasteiger partial charge in [-0.1, -0.05) is 24.3 Å². The molecule has 4 heterocycles. The molecule has 1 saturated heterocycles. The van der Waals surface area contributed by atoms with Crippen LogP contribution in [-0.4, -0.2) is 38.3 Å². The molecular formula is C30H21F3N4O4S. The summed E-state index contributed by atoms with van der Waals surface area (Å²) in [6.07, 6.45) is 1.01. The lowest BCUT2D eigenvalue weighted by atomic mass is 10.0. The molecule has 3 aromatic heterocycles. The number of nitrogens with zero attached hydrogens (tertiary/aromatic N) is 4. The van der Waals surface area contributed by atoms with Gasteiger partial charge in [-0.25, -0.2) is 32.8 Å². The molecule has 212 valence electrons. The zero-order chi connectivity index (χ0) is 29.4. The predicted molar refractivity (Wildman–Crippen MR) is 148 cm³/mol. The van der Waals surface area contributed by atoms with Crippen LogP contribution < -0.4 is 4.74 Å². The van der Waals surface area contributed by atoms with E-state index in [1.54, 1.807) is 18.2 Å². The first-order valence-corrected chi connectivity index (χ1v) is 13.7. The minimum absolute atomic E-state index is 0.0166. The quantitative estimate of drug-likeness (QED) is 0.190. The zero-order valence-corrected chi connectivity index (χ0v) is 22.6. The van der Waals surface area contributed by atoms with Crippen LogP contribution in [0.4, 0.5) is 18.9 Å². The molecular weight excluding hydrogens is 569 g/mol. The van der Waals surface area contributed by atoms with Gasteiger partial charge in [-0.05, 0) is 42.3 Å². The van der Waals surface area contributed by atoms with Crippen LogP contribution in [0.5, 0.6) is 5.88 Å². The van der Waals surface area contributed by atoms with Gasteiger partial charge in [-0.15, -0.1) is 11.3 Å². The molecule has 0 bridgehead atoms. The highest BCUT2D eigenvalue weighted by Gasteiger charge is 2.24. The molecule has 5 aromatic rings. The Morgan fingerprint density at radius 1 is 1.07 bits per heavy atom. The van der Waals surface area contributed by atoms with Crippen molar-refractivity contribution in [1.82, 2.24) is 14.5 Å². The molecule has 0 radical (unpaired) electrons. The van der Waals surface area contributed by atoms with E-state index in [4.69, 9.17) is 16.0 Å². The molecule has 0 saturated carbocycles. The molecule has 1 aliphatic heterocycles. The first-order chi connectivity index (χ1) is 20.3. The van der Waals surface area contributed by atoms with Crippen LogP contribution in [0.15, 0.2) is 54.6 Å². The van der Waals surface area contributed by atoms with E-state index in [0.717, 1.165) is 29.9 Å². The minimum Gasteiger partial charge on any atom is -0.477 e. The molecule has 0 spiro atoms. The Morgan fingerprint density at radius 2 is 1.86 bits per heavy atom. The smallest absolute Gasteiger partial charge is 0.346 e. The zero-order valence-electron chi connectivity index (χ0n) is 21.8. The third-order valence-electron chi connectivity index (χ3n) is 6.96. The number of fused-ring (bicyclic) bond motifs is 1. The van der Waals surface area contributed by atoms with Crippen LogP contribution in [0.3, 0.4) is 0 Å². The van der Waals surface area contributed by atoms with E-state index in [1.807, 2.05) is 4.57 Å². The Balaban J connectivity index is 1.23. The van der Waals surface area contributed by atoms with Gasteiger partial charge in [0.05, 0.1) is 30.4 Å². The Bertz CT molecular complexity index is 1880. The standard InChI is InChI=1S/C30H21F3N4O4S/c1-34-19-5-4-18(23(33)12-19)15-41-28-21(31)6-7-24(35-28)17-3-2-16(22(32)10-17)11-27-36-29-25(13-26(42-29)30(38)39)37(27)14-20-8-9-40-20/h2-7,10,12-13,20H,8-9,11,14-15H2,(H,38,39). The van der Waals surface area contributed by atoms with Gasteiger partial charge >= 0.3 is 5.97 Å². The summed E-state index contributed by atoms with van der Waals surface area (Å²) >= 11 is 1.07. The first kappa shape index (κ1) is 27.4. The van der Waals surface area contributed by atoms with Crippen LogP contribution in [0.25, 0.3) is 26.4 Å². The van der Waals surface area contributed by atoms with Gasteiger partial charge in [0.25, 0.3) is 5.88 Å². The van der Waals surface area contributed by atoms with E-state index < -0.39 is 23.4 Å². The predicted octanol–water partition coefficient (Wildman–Crippen LogP) is 6.78. The number of imidazole rings is 1. The van der Waals surface area contributed by atoms with Crippen LogP contribution >= 0.6 is 11.3 Å². The first-order valence-electron chi connectivity index (χ1n) is 12.9. The molecule has 0 amide bonds. The van der Waals surface area contributed by atoms with Crippen molar-refractivity contribution in [3.05, 3.63) is 105 Å². The summed E-state index contributed by atoms with van der Waals surface area (Å²) in [5.41, 5.74) is 1.94. The number of aromatic carboxylic acids is 1. The molecule has 42 heavy (non-hydrogen) atoms. The SMILES string of the molecule is [C-]#[N+]c1ccc(COc2nc(-c3ccc(Cc4nc5sc(C(=O)O)cc5n4CC4CCO4)c(F)c3)ccc2F)c(F)c1. The molecule has 1 unspecified atom stereocenters. The Morgan fingerprint density at radius 3 is 2.55 bits per heavy atom. The Labute approximate surface area is 241 Å². The lowest BCUT2D eigenvalue weighted by Gasteiger charge is -2.27. The molecule has 1 atom stereocenters. The fraction of sp³-hybridized carbons (Fsp3) is 0.200. The number of hydrogen-bond acceptors (Lipinski definition) is 6. The number of carboxylic acid groups (broad SMARTS) is 1. The van der Waals surface area contributed by atoms with Crippen molar-refractivity contribution in [2.24, 2.45) is 0 Å². The molecule has 1 fully saturated rings. The van der Waals surface area contributed by atoms with Crippen molar-refractivity contribution < 1.29 is 32.5 Å². The summed E-state index contributed by atoms with van der Waals surface area (Å²) in [6, 6.07) is 12.5. The van der Waals surface area contributed by atoms with Crippen molar-refractivity contribution in [3.8, 4) is 17.1 Å². The monoisotopic (exact) mass is 590 g/mol. The second kappa shape index (κ2) is 11.3. The lowest BCUT2D eigenvalue weighted by molar-refractivity contribution is -0.0589. The summed E-state index contributed by atoms with van der Waals surface area (Å²) in [7, 11) is 0. The van der Waals surface area contributed by atoms with Gasteiger partial charge in [0.15, 0.2) is 11.5 Å². The van der Waals surface area contributed by atoms with Crippen LogP contribution in [0.1, 0.15) is 33.0 Å². The molecule has 6 rings (SSSR count). The van der Waals surface area contributed by atoms with E-state index in [9.17, 15) is 18.7 Å². The van der Waals surface area contributed by atoms with Crippen molar-refractivity contribution in [1.29, 1.82) is 0 Å². The number of ether oxygens (including phenoxy) is 2. The number of carboxylic acids is 1. The lowest BCUT2D eigenvalue weighted by Crippen LogP contribution is -2.31. The second-order valence-corrected chi connectivity index (χ2v) is 10.7. The van der Waals surface area contributed by atoms with Crippen LogP contribution in [0, 0.1) is 24.0 Å². The number of benzene rings is 2. The average molecular weight is 591 g/mol. The topological polar surface area (TPSA) is 90.8 Å². The largest absolute Gasteiger partial charge is 0.477 e. The van der Waals surface area contributed by atoms with Crippen LogP contribution in [0.2, 0.25) is 0 Å². The van der Waals surface area contributed by atoms with E-state index >= 15 is 4.39 Å². The number of halogens is 3. The highest BCUT2D eigenvalue weighted by Crippen LogP contribution is 2.31. The number of thiophene rings is 1. The van der Waals surface area contributed by atoms with E-state index in [-0.39, 0.29) is 46.8 Å². The van der Waals surface area contributed by atoms with Gasteiger partial charge in [0, 0.05) is 24.2 Å². The van der Waals surface area contributed by atoms with Crippen LogP contribution in [-0.2, 0) is 24.3 Å². The van der Waals surface area contributed by atoms with Crippen molar-refractivity contribution >= 4 is 33.3 Å². The molecule has 2 aromatic carbocycles. The summed E-state index contributed by atoms with van der Waals surface area (Å²) in [4.78, 5) is 24.1. The summed E-state index contributed by atoms with van der Waals surface area (Å²) in [6.45, 7) is 7.79. The van der Waals surface area contributed by atoms with Crippen molar-refractivity contribution in [3.63, 3.8) is 0 Å². The summed E-state index contributed by atoms with van der Waals surface area (Å²) in [5, 5.41) is 9.38. The maximum Gasteiger partial charge on any atom is 0.346 e. The fourth-order valence-corrected chi connectivity index (χ4v) is 5.50. The van der Waals surface area contributed by atoms with E-state index in [1.165, 1.54) is 24.3 Å². The van der Waals surface area contributed by atoms with Gasteiger partial charge in [-0.2, -0.15) is 0 Å². The third-order valence-corrected chi connectivity index (χ3v) is 7.96. The number of pyridine rings is 1. The maximum absolute atomic E-state index is 15.4. The van der Waals surface area contributed by atoms with Crippen molar-refractivity contribution in [2.75, 3.05) is 6.61 Å². The van der Waals surface area contributed by atoms with Gasteiger partial charge < -0.3 is 19.1 Å². The highest BCUT2D eigenvalue weighted by atomic mass is 32.1. The molecule has 1 aliphatic rings.